The predicted molar refractivity (Wildman–Crippen MR) is 57.0 cm³/mol. The smallest absolute Gasteiger partial charge is 0.0976 e. The van der Waals surface area contributed by atoms with Crippen molar-refractivity contribution in [2.45, 2.75) is 44.2 Å². The van der Waals surface area contributed by atoms with Gasteiger partial charge in [0.15, 0.2) is 0 Å². The Morgan fingerprint density at radius 2 is 1.64 bits per heavy atom. The van der Waals surface area contributed by atoms with E-state index in [0.717, 1.165) is 0 Å². The summed E-state index contributed by atoms with van der Waals surface area (Å²) in [4.78, 5) is 0. The second-order valence-corrected chi connectivity index (χ2v) is 5.12. The van der Waals surface area contributed by atoms with Crippen LogP contribution in [0.1, 0.15) is 34.1 Å². The van der Waals surface area contributed by atoms with Crippen LogP contribution >= 0.6 is 22.6 Å². The molecule has 11 heavy (non-hydrogen) atoms. The van der Waals surface area contributed by atoms with Gasteiger partial charge in [-0.2, -0.15) is 0 Å². The van der Waals surface area contributed by atoms with Gasteiger partial charge in [-0.05, 0) is 25.2 Å². The Labute approximate surface area is 83.1 Å². The van der Waals surface area contributed by atoms with Crippen LogP contribution in [0.15, 0.2) is 0 Å². The van der Waals surface area contributed by atoms with Crippen LogP contribution in [0.3, 0.4) is 0 Å². The van der Waals surface area contributed by atoms with E-state index in [4.69, 9.17) is 0 Å². The second kappa shape index (κ2) is 5.33. The fraction of sp³-hybridized carbons (Fsp3) is 1.00. The van der Waals surface area contributed by atoms with E-state index in [-0.39, 0.29) is 0 Å². The first-order chi connectivity index (χ1) is 4.95. The summed E-state index contributed by atoms with van der Waals surface area (Å²) in [6, 6.07) is 0. The van der Waals surface area contributed by atoms with Gasteiger partial charge in [-0.3, -0.25) is 0 Å². The molecule has 2 heteroatoms. The van der Waals surface area contributed by atoms with Gasteiger partial charge in [-0.1, -0.05) is 43.4 Å². The number of rotatable bonds is 4. The molecule has 0 fully saturated rings. The lowest BCUT2D eigenvalue weighted by Crippen LogP contribution is -2.19. The van der Waals surface area contributed by atoms with Crippen molar-refractivity contribution in [3.63, 3.8) is 0 Å². The summed E-state index contributed by atoms with van der Waals surface area (Å²) < 4.78 is 13.2. The maximum Gasteiger partial charge on any atom is 0.0976 e. The van der Waals surface area contributed by atoms with Gasteiger partial charge in [-0.25, -0.2) is 4.39 Å². The SMILES string of the molecule is CC(C)[C@@H](I)[C@H](C)C[C@@H](C)F. The molecule has 0 N–H and O–H groups in total. The lowest BCUT2D eigenvalue weighted by molar-refractivity contribution is 0.285. The molecule has 0 aliphatic rings. The highest BCUT2D eigenvalue weighted by Crippen LogP contribution is 2.25. The zero-order valence-electron chi connectivity index (χ0n) is 7.77. The molecule has 0 aliphatic carbocycles. The Balaban J connectivity index is 3.73. The lowest BCUT2D eigenvalue weighted by atomic mass is 9.94. The van der Waals surface area contributed by atoms with Crippen LogP contribution in [-0.4, -0.2) is 10.1 Å². The predicted octanol–water partition coefficient (Wildman–Crippen LogP) is 3.83. The number of hydrogen-bond donors (Lipinski definition) is 0. The fourth-order valence-electron chi connectivity index (χ4n) is 1.30. The van der Waals surface area contributed by atoms with Crippen LogP contribution in [0.25, 0.3) is 0 Å². The number of hydrogen-bond acceptors (Lipinski definition) is 0. The van der Waals surface area contributed by atoms with Crippen LogP contribution in [0.5, 0.6) is 0 Å². The largest absolute Gasteiger partial charge is 0.248 e. The van der Waals surface area contributed by atoms with Crippen molar-refractivity contribution in [2.24, 2.45) is 11.8 Å². The summed E-state index contributed by atoms with van der Waals surface area (Å²) in [6.07, 6.45) is 0.0483. The van der Waals surface area contributed by atoms with E-state index in [2.05, 4.69) is 43.4 Å². The normalized spacial score (nSPS) is 19.9. The molecule has 0 aromatic carbocycles. The van der Waals surface area contributed by atoms with Crippen LogP contribution < -0.4 is 0 Å². The molecule has 0 nitrogen and oxygen atoms in total. The maximum absolute atomic E-state index is 12.6. The first kappa shape index (κ1) is 11.7. The molecule has 0 aromatic rings. The molecule has 0 bridgehead atoms. The standard InChI is InChI=1S/C9H18FI/c1-6(2)9(11)7(3)5-8(4)10/h6-9H,5H2,1-4H3/t7-,8-,9-/m1/s1. The van der Waals surface area contributed by atoms with Gasteiger partial charge in [0.25, 0.3) is 0 Å². The Hall–Kier alpha value is 0.660. The van der Waals surface area contributed by atoms with E-state index in [1.165, 1.54) is 0 Å². The second-order valence-electron chi connectivity index (χ2n) is 3.68. The van der Waals surface area contributed by atoms with E-state index in [0.29, 0.717) is 22.2 Å². The molecule has 68 valence electrons. The van der Waals surface area contributed by atoms with Crippen molar-refractivity contribution < 1.29 is 4.39 Å². The molecule has 0 heterocycles. The highest BCUT2D eigenvalue weighted by Gasteiger charge is 2.19. The molecule has 0 amide bonds. The van der Waals surface area contributed by atoms with Crippen LogP contribution in [0, 0.1) is 11.8 Å². The van der Waals surface area contributed by atoms with Gasteiger partial charge in [0.2, 0.25) is 0 Å². The molecule has 3 atom stereocenters. The minimum absolute atomic E-state index is 0.496. The van der Waals surface area contributed by atoms with Gasteiger partial charge in [0.05, 0.1) is 6.17 Å². The zero-order chi connectivity index (χ0) is 9.02. The maximum atomic E-state index is 12.6. The van der Waals surface area contributed by atoms with Crippen molar-refractivity contribution in [3.05, 3.63) is 0 Å². The first-order valence-electron chi connectivity index (χ1n) is 4.23. The average Bonchev–Trinajstić information content (AvgIpc) is 1.84. The van der Waals surface area contributed by atoms with Crippen LogP contribution in [-0.2, 0) is 0 Å². The first-order valence-corrected chi connectivity index (χ1v) is 5.47. The highest BCUT2D eigenvalue weighted by atomic mass is 127. The Kier molecular flexibility index (Phi) is 5.65. The zero-order valence-corrected chi connectivity index (χ0v) is 9.93. The molecule has 0 rings (SSSR count). The van der Waals surface area contributed by atoms with Crippen molar-refractivity contribution in [1.29, 1.82) is 0 Å². The van der Waals surface area contributed by atoms with Crippen LogP contribution in [0.4, 0.5) is 4.39 Å². The molecule has 0 saturated carbocycles. The number of alkyl halides is 2. The van der Waals surface area contributed by atoms with Gasteiger partial charge in [0.1, 0.15) is 0 Å². The third kappa shape index (κ3) is 4.99. The van der Waals surface area contributed by atoms with Crippen molar-refractivity contribution in [2.75, 3.05) is 0 Å². The van der Waals surface area contributed by atoms with Crippen molar-refractivity contribution in [1.82, 2.24) is 0 Å². The summed E-state index contributed by atoms with van der Waals surface area (Å²) in [5.41, 5.74) is 0. The monoisotopic (exact) mass is 272 g/mol. The third-order valence-electron chi connectivity index (χ3n) is 1.88. The van der Waals surface area contributed by atoms with Crippen molar-refractivity contribution >= 4 is 22.6 Å². The topological polar surface area (TPSA) is 0 Å². The van der Waals surface area contributed by atoms with Gasteiger partial charge in [-0.15, -0.1) is 0 Å². The fourth-order valence-corrected chi connectivity index (χ4v) is 1.59. The van der Waals surface area contributed by atoms with Gasteiger partial charge in [0, 0.05) is 3.92 Å². The van der Waals surface area contributed by atoms with Gasteiger partial charge >= 0.3 is 0 Å². The summed E-state index contributed by atoms with van der Waals surface area (Å²) in [5, 5.41) is 0. The molecule has 0 aliphatic heterocycles. The van der Waals surface area contributed by atoms with Crippen molar-refractivity contribution in [3.8, 4) is 0 Å². The molecule has 0 spiro atoms. The highest BCUT2D eigenvalue weighted by molar-refractivity contribution is 14.1. The summed E-state index contributed by atoms with van der Waals surface area (Å²) in [7, 11) is 0. The molecular weight excluding hydrogens is 254 g/mol. The van der Waals surface area contributed by atoms with E-state index < -0.39 is 6.17 Å². The molecule has 0 aromatic heterocycles. The Bertz CT molecular complexity index is 102. The molecule has 0 unspecified atom stereocenters. The summed E-state index contributed by atoms with van der Waals surface area (Å²) in [6.45, 7) is 8.15. The van der Waals surface area contributed by atoms with Crippen LogP contribution in [0.2, 0.25) is 0 Å². The lowest BCUT2D eigenvalue weighted by Gasteiger charge is -2.21. The Morgan fingerprint density at radius 1 is 1.18 bits per heavy atom. The molecule has 0 saturated heterocycles. The Morgan fingerprint density at radius 3 is 1.91 bits per heavy atom. The van der Waals surface area contributed by atoms with E-state index in [9.17, 15) is 4.39 Å². The van der Waals surface area contributed by atoms with E-state index in [1.807, 2.05) is 0 Å². The number of halogens is 2. The van der Waals surface area contributed by atoms with E-state index >= 15 is 0 Å². The average molecular weight is 272 g/mol. The summed E-state index contributed by atoms with van der Waals surface area (Å²) >= 11 is 2.42. The third-order valence-corrected chi connectivity index (χ3v) is 4.54. The minimum atomic E-state index is -0.652. The quantitative estimate of drug-likeness (QED) is 0.539. The van der Waals surface area contributed by atoms with E-state index in [1.54, 1.807) is 6.92 Å². The molecule has 0 radical (unpaired) electrons. The minimum Gasteiger partial charge on any atom is -0.248 e. The van der Waals surface area contributed by atoms with Gasteiger partial charge < -0.3 is 0 Å². The molecular formula is C9H18FI. The summed E-state index contributed by atoms with van der Waals surface area (Å²) in [5.74, 6) is 1.15.